The molecule has 0 atom stereocenters. The molecule has 5 heteroatoms. The summed E-state index contributed by atoms with van der Waals surface area (Å²) >= 11 is 0. The van der Waals surface area contributed by atoms with Crippen molar-refractivity contribution in [2.75, 3.05) is 9.80 Å². The Bertz CT molecular complexity index is 4010. The molecule has 0 saturated heterocycles. The van der Waals surface area contributed by atoms with E-state index in [1.54, 1.807) is 0 Å². The van der Waals surface area contributed by atoms with Crippen LogP contribution < -0.4 is 26.2 Å². The number of hydrogen-bond acceptors (Lipinski definition) is 2. The van der Waals surface area contributed by atoms with Crippen molar-refractivity contribution in [1.82, 2.24) is 9.13 Å². The van der Waals surface area contributed by atoms with E-state index in [1.807, 2.05) is 0 Å². The molecule has 0 aliphatic carbocycles. The smallest absolute Gasteiger partial charge is 0.252 e. The summed E-state index contributed by atoms with van der Waals surface area (Å²) in [7, 11) is 2.30. The highest BCUT2D eigenvalue weighted by atomic mass is 15.2. The number of anilines is 6. The summed E-state index contributed by atoms with van der Waals surface area (Å²) in [4.78, 5) is 5.30. The summed E-state index contributed by atoms with van der Waals surface area (Å²) in [5.41, 5.74) is 24.9. The van der Waals surface area contributed by atoms with Crippen LogP contribution >= 0.6 is 0 Å². The maximum absolute atomic E-state index is 2.70. The number of hydrogen-bond donors (Lipinski definition) is 0. The Hall–Kier alpha value is -6.98. The van der Waals surface area contributed by atoms with E-state index in [4.69, 9.17) is 0 Å². The van der Waals surface area contributed by atoms with Crippen molar-refractivity contribution < 1.29 is 0 Å². The normalized spacial score (nSPS) is 14.3. The number of aromatic nitrogens is 2. The standard InChI is InChI=1S/C73H81BN4/c1-68(2,3)44-24-31-50(32-25-44)76-61-37-30-48(72(13,14)15)40-56(61)74-57-43-55-52-22-20-21-23-58(52)75(19)65(55)67(78-59-35-28-46(70(7,8)9)38-53(59)54-39-47(71(10,11)12)29-36-60(54)78)66(57)77(51-33-26-45(27-34-51)69(4,5)6)63-42-49(73(16,17)18)41-62(76)64(63)74/h20-43H,1-19H3. The van der Waals surface area contributed by atoms with Gasteiger partial charge in [0, 0.05) is 62.5 Å². The second kappa shape index (κ2) is 17.0. The van der Waals surface area contributed by atoms with Gasteiger partial charge < -0.3 is 18.9 Å². The molecule has 396 valence electrons. The van der Waals surface area contributed by atoms with Gasteiger partial charge in [-0.3, -0.25) is 0 Å². The third-order valence-corrected chi connectivity index (χ3v) is 17.6. The van der Waals surface area contributed by atoms with E-state index in [0.29, 0.717) is 0 Å². The molecule has 2 aromatic heterocycles. The fraction of sp³-hybridized carbons (Fsp3) is 0.342. The van der Waals surface area contributed by atoms with Crippen LogP contribution in [-0.4, -0.2) is 15.8 Å². The van der Waals surface area contributed by atoms with Crippen LogP contribution in [0.3, 0.4) is 0 Å². The molecule has 8 aromatic carbocycles. The lowest BCUT2D eigenvalue weighted by Crippen LogP contribution is -2.62. The van der Waals surface area contributed by atoms with Crippen molar-refractivity contribution in [2.24, 2.45) is 7.05 Å². The monoisotopic (exact) mass is 1020 g/mol. The summed E-state index contributed by atoms with van der Waals surface area (Å²) in [6.07, 6.45) is 0. The van der Waals surface area contributed by atoms with E-state index >= 15 is 0 Å². The van der Waals surface area contributed by atoms with E-state index < -0.39 is 0 Å². The molecule has 2 aliphatic rings. The molecule has 0 saturated carbocycles. The van der Waals surface area contributed by atoms with E-state index in [-0.39, 0.29) is 39.2 Å². The largest absolute Gasteiger partial charge is 0.342 e. The summed E-state index contributed by atoms with van der Waals surface area (Å²) in [5, 5.41) is 5.10. The molecule has 78 heavy (non-hydrogen) atoms. The predicted molar refractivity (Wildman–Crippen MR) is 341 cm³/mol. The second-order valence-corrected chi connectivity index (χ2v) is 29.3. The summed E-state index contributed by atoms with van der Waals surface area (Å²) in [6.45, 7) is 42.1. The minimum absolute atomic E-state index is 0.0203. The highest BCUT2D eigenvalue weighted by molar-refractivity contribution is 7.00. The van der Waals surface area contributed by atoms with Crippen LogP contribution in [-0.2, 0) is 39.5 Å². The predicted octanol–water partition coefficient (Wildman–Crippen LogP) is 18.3. The zero-order valence-corrected chi connectivity index (χ0v) is 50.2. The molecule has 10 aromatic rings. The first-order chi connectivity index (χ1) is 36.4. The Labute approximate surface area is 466 Å². The van der Waals surface area contributed by atoms with Gasteiger partial charge in [0.25, 0.3) is 6.71 Å². The Morgan fingerprint density at radius 3 is 1.26 bits per heavy atom. The van der Waals surface area contributed by atoms with Crippen molar-refractivity contribution in [3.63, 3.8) is 0 Å². The zero-order valence-electron chi connectivity index (χ0n) is 50.2. The van der Waals surface area contributed by atoms with Crippen LogP contribution in [0.5, 0.6) is 0 Å². The number of nitrogens with zero attached hydrogens (tertiary/aromatic N) is 4. The average Bonchev–Trinajstić information content (AvgIpc) is 2.69. The van der Waals surface area contributed by atoms with Crippen molar-refractivity contribution in [3.8, 4) is 5.69 Å². The molecule has 2 aliphatic heterocycles. The lowest BCUT2D eigenvalue weighted by molar-refractivity contribution is 0.589. The average molecular weight is 1030 g/mol. The van der Waals surface area contributed by atoms with Crippen molar-refractivity contribution in [3.05, 3.63) is 179 Å². The van der Waals surface area contributed by atoms with Gasteiger partial charge in [-0.05, 0) is 155 Å². The lowest BCUT2D eigenvalue weighted by atomic mass is 9.33. The van der Waals surface area contributed by atoms with Gasteiger partial charge >= 0.3 is 0 Å². The molecule has 0 amide bonds. The van der Waals surface area contributed by atoms with E-state index in [0.717, 1.165) is 5.69 Å². The van der Waals surface area contributed by atoms with Gasteiger partial charge in [0.05, 0.1) is 27.9 Å². The van der Waals surface area contributed by atoms with Crippen LogP contribution in [0.2, 0.25) is 0 Å². The quantitative estimate of drug-likeness (QED) is 0.164. The number of para-hydroxylation sites is 1. The Morgan fingerprint density at radius 2 is 0.756 bits per heavy atom. The Kier molecular flexibility index (Phi) is 11.3. The van der Waals surface area contributed by atoms with Gasteiger partial charge in [-0.25, -0.2) is 0 Å². The third kappa shape index (κ3) is 8.06. The third-order valence-electron chi connectivity index (χ3n) is 17.6. The lowest BCUT2D eigenvalue weighted by Gasteiger charge is -2.46. The van der Waals surface area contributed by atoms with Crippen LogP contribution in [0.4, 0.5) is 34.1 Å². The molecule has 0 unspecified atom stereocenters. The summed E-state index contributed by atoms with van der Waals surface area (Å²) in [5.74, 6) is 0. The molecule has 4 heterocycles. The van der Waals surface area contributed by atoms with Gasteiger partial charge in [0.2, 0.25) is 0 Å². The van der Waals surface area contributed by atoms with Gasteiger partial charge in [0.15, 0.2) is 0 Å². The number of aryl methyl sites for hydroxylation is 1. The van der Waals surface area contributed by atoms with Gasteiger partial charge in [-0.2, -0.15) is 0 Å². The van der Waals surface area contributed by atoms with Crippen molar-refractivity contribution in [2.45, 2.75) is 157 Å². The molecule has 0 spiro atoms. The molecule has 0 N–H and O–H groups in total. The van der Waals surface area contributed by atoms with E-state index in [1.165, 1.54) is 128 Å². The first-order valence-electron chi connectivity index (χ1n) is 28.7. The Morgan fingerprint density at radius 1 is 0.321 bits per heavy atom. The van der Waals surface area contributed by atoms with Crippen LogP contribution in [0.1, 0.15) is 158 Å². The first-order valence-corrected chi connectivity index (χ1v) is 28.7. The number of rotatable bonds is 3. The fourth-order valence-corrected chi connectivity index (χ4v) is 12.9. The molecule has 4 nitrogen and oxygen atoms in total. The zero-order chi connectivity index (χ0) is 55.7. The van der Waals surface area contributed by atoms with Crippen LogP contribution in [0.15, 0.2) is 146 Å². The second-order valence-electron chi connectivity index (χ2n) is 29.3. The van der Waals surface area contributed by atoms with Crippen molar-refractivity contribution in [1.29, 1.82) is 0 Å². The summed E-state index contributed by atoms with van der Waals surface area (Å²) in [6, 6.07) is 57.9. The molecule has 0 radical (unpaired) electrons. The van der Waals surface area contributed by atoms with Gasteiger partial charge in [0.1, 0.15) is 0 Å². The summed E-state index contributed by atoms with van der Waals surface area (Å²) < 4.78 is 5.17. The maximum Gasteiger partial charge on any atom is 0.252 e. The van der Waals surface area contributed by atoms with Gasteiger partial charge in [-0.15, -0.1) is 0 Å². The van der Waals surface area contributed by atoms with Gasteiger partial charge in [-0.1, -0.05) is 197 Å². The van der Waals surface area contributed by atoms with Crippen molar-refractivity contribution >= 4 is 101 Å². The molecular formula is C73H81BN4. The first kappa shape index (κ1) is 51.8. The molecule has 0 bridgehead atoms. The van der Waals surface area contributed by atoms with E-state index in [9.17, 15) is 0 Å². The highest BCUT2D eigenvalue weighted by Gasteiger charge is 2.47. The fourth-order valence-electron chi connectivity index (χ4n) is 12.9. The molecule has 12 rings (SSSR count). The minimum Gasteiger partial charge on any atom is -0.342 e. The number of fused-ring (bicyclic) bond motifs is 10. The highest BCUT2D eigenvalue weighted by Crippen LogP contribution is 2.52. The Balaban J connectivity index is 1.32. The topological polar surface area (TPSA) is 16.3 Å². The minimum atomic E-state index is -0.174. The van der Waals surface area contributed by atoms with Crippen LogP contribution in [0, 0.1) is 0 Å². The number of benzene rings is 8. The SMILES string of the molecule is Cn1c2ccccc2c2cc3c(c(-n4c5ccc(C(C)(C)C)cc5c5cc(C(C)(C)C)ccc54)c21)N(c1ccc(C(C)(C)C)cc1)c1cc(C(C)(C)C)cc2c1B3c1cc(C(C)(C)C)ccc1N2c1ccc(C(C)(C)C)cc1. The van der Waals surface area contributed by atoms with E-state index in [2.05, 4.69) is 296 Å². The maximum atomic E-state index is 2.70. The molecule has 0 fully saturated rings. The van der Waals surface area contributed by atoms with Crippen LogP contribution in [0.25, 0.3) is 49.3 Å². The molecular weight excluding hydrogens is 944 g/mol.